The molecule has 12 heteroatoms. The van der Waals surface area contributed by atoms with Gasteiger partial charge in [-0.1, -0.05) is 0 Å². The number of nitrogens with zero attached hydrogens (tertiary/aromatic N) is 5. The molecule has 0 aliphatic carbocycles. The molecule has 2 fully saturated rings. The van der Waals surface area contributed by atoms with Crippen molar-refractivity contribution in [3.63, 3.8) is 0 Å². The fourth-order valence-corrected chi connectivity index (χ4v) is 7.16. The molecule has 2 aromatic rings. The molecule has 1 amide bonds. The Bertz CT molecular complexity index is 1210. The Morgan fingerprint density at radius 3 is 2.03 bits per heavy atom. The molecule has 2 aliphatic rings. The molecular formula is C21H29N5O5S2. The van der Waals surface area contributed by atoms with E-state index < -0.39 is 20.0 Å². The van der Waals surface area contributed by atoms with Crippen LogP contribution in [-0.2, 0) is 27.1 Å². The lowest BCUT2D eigenvalue weighted by molar-refractivity contribution is 0.0764. The van der Waals surface area contributed by atoms with E-state index in [9.17, 15) is 21.6 Å². The molecule has 3 heterocycles. The molecule has 1 aromatic heterocycles. The summed E-state index contributed by atoms with van der Waals surface area (Å²) in [4.78, 5) is 19.0. The van der Waals surface area contributed by atoms with Gasteiger partial charge >= 0.3 is 0 Å². The van der Waals surface area contributed by atoms with Gasteiger partial charge in [0, 0.05) is 58.1 Å². The summed E-state index contributed by atoms with van der Waals surface area (Å²) < 4.78 is 55.8. The van der Waals surface area contributed by atoms with Crippen molar-refractivity contribution in [1.82, 2.24) is 23.1 Å². The van der Waals surface area contributed by atoms with Crippen molar-refractivity contribution in [1.29, 1.82) is 0 Å². The predicted molar refractivity (Wildman–Crippen MR) is 122 cm³/mol. The van der Waals surface area contributed by atoms with E-state index in [4.69, 9.17) is 0 Å². The Hall–Kier alpha value is -2.28. The van der Waals surface area contributed by atoms with Crippen molar-refractivity contribution >= 4 is 26.0 Å². The molecule has 2 saturated heterocycles. The third-order valence-electron chi connectivity index (χ3n) is 6.24. The lowest BCUT2D eigenvalue weighted by Gasteiger charge is -2.22. The largest absolute Gasteiger partial charge is 0.337 e. The Morgan fingerprint density at radius 2 is 1.42 bits per heavy atom. The van der Waals surface area contributed by atoms with Crippen LogP contribution in [0.5, 0.6) is 0 Å². The van der Waals surface area contributed by atoms with Crippen molar-refractivity contribution in [3.8, 4) is 0 Å². The molecule has 0 spiro atoms. The van der Waals surface area contributed by atoms with Gasteiger partial charge in [-0.3, -0.25) is 4.79 Å². The second-order valence-corrected chi connectivity index (χ2v) is 12.2. The molecule has 4 rings (SSSR count). The highest BCUT2D eigenvalue weighted by atomic mass is 32.2. The highest BCUT2D eigenvalue weighted by molar-refractivity contribution is 7.89. The molecule has 33 heavy (non-hydrogen) atoms. The Balaban J connectivity index is 1.44. The van der Waals surface area contributed by atoms with Gasteiger partial charge in [0.2, 0.25) is 10.0 Å². The molecule has 2 aliphatic heterocycles. The quantitative estimate of drug-likeness (QED) is 0.613. The van der Waals surface area contributed by atoms with Crippen LogP contribution in [0.3, 0.4) is 0 Å². The van der Waals surface area contributed by atoms with Crippen LogP contribution in [0, 0.1) is 6.92 Å². The average molecular weight is 496 g/mol. The fraction of sp³-hybridized carbons (Fsp3) is 0.524. The molecule has 0 saturated carbocycles. The Labute approximate surface area is 194 Å². The lowest BCUT2D eigenvalue weighted by atomic mass is 10.2. The zero-order valence-corrected chi connectivity index (χ0v) is 20.5. The van der Waals surface area contributed by atoms with Gasteiger partial charge in [-0.05, 0) is 50.5 Å². The van der Waals surface area contributed by atoms with E-state index in [1.165, 1.54) is 39.1 Å². The number of carbonyl (C=O) groups is 1. The third kappa shape index (κ3) is 4.70. The van der Waals surface area contributed by atoms with E-state index >= 15 is 0 Å². The van der Waals surface area contributed by atoms with Gasteiger partial charge in [-0.25, -0.2) is 21.8 Å². The lowest BCUT2D eigenvalue weighted by Crippen LogP contribution is -2.37. The minimum Gasteiger partial charge on any atom is -0.337 e. The van der Waals surface area contributed by atoms with E-state index in [2.05, 4.69) is 4.98 Å². The smallest absolute Gasteiger partial charge is 0.262 e. The van der Waals surface area contributed by atoms with Gasteiger partial charge in [0.15, 0.2) is 5.03 Å². The van der Waals surface area contributed by atoms with E-state index in [-0.39, 0.29) is 28.9 Å². The van der Waals surface area contributed by atoms with Crippen molar-refractivity contribution in [2.75, 3.05) is 39.3 Å². The topological polar surface area (TPSA) is 113 Å². The summed E-state index contributed by atoms with van der Waals surface area (Å²) in [5.74, 6) is 0.364. The molecule has 0 N–H and O–H groups in total. The number of sulfonamides is 2. The summed E-state index contributed by atoms with van der Waals surface area (Å²) in [7, 11) is -5.53. The highest BCUT2D eigenvalue weighted by Crippen LogP contribution is 2.22. The zero-order valence-electron chi connectivity index (χ0n) is 18.8. The van der Waals surface area contributed by atoms with Gasteiger partial charge in [-0.15, -0.1) is 0 Å². The molecular weight excluding hydrogens is 466 g/mol. The summed E-state index contributed by atoms with van der Waals surface area (Å²) in [6.45, 7) is 3.92. The van der Waals surface area contributed by atoms with Crippen molar-refractivity contribution < 1.29 is 21.6 Å². The summed E-state index contributed by atoms with van der Waals surface area (Å²) in [5, 5.41) is 0.0112. The second kappa shape index (κ2) is 9.16. The van der Waals surface area contributed by atoms with Crippen molar-refractivity contribution in [2.24, 2.45) is 7.05 Å². The Kier molecular flexibility index (Phi) is 6.63. The van der Waals surface area contributed by atoms with E-state index in [0.29, 0.717) is 44.0 Å². The maximum absolute atomic E-state index is 13.0. The van der Waals surface area contributed by atoms with Crippen LogP contribution in [0.25, 0.3) is 0 Å². The first-order chi connectivity index (χ1) is 15.6. The second-order valence-electron chi connectivity index (χ2n) is 8.42. The number of aryl methyl sites for hydroxylation is 2. The van der Waals surface area contributed by atoms with Gasteiger partial charge in [-0.2, -0.15) is 8.61 Å². The van der Waals surface area contributed by atoms with Crippen molar-refractivity contribution in [3.05, 3.63) is 41.9 Å². The molecule has 0 radical (unpaired) electrons. The fourth-order valence-electron chi connectivity index (χ4n) is 4.15. The standard InChI is InChI=1S/C21H29N5O5S2/c1-17-22-20(16-23(17)2)33(30,31)26-13-5-10-24(14-15-26)21(27)18-6-8-19(9-7-18)32(28,29)25-11-3-4-12-25/h6-9,16H,3-5,10-15H2,1-2H3. The molecule has 1 aromatic carbocycles. The summed E-state index contributed by atoms with van der Waals surface area (Å²) in [6, 6.07) is 6.00. The van der Waals surface area contributed by atoms with Gasteiger partial charge in [0.25, 0.3) is 15.9 Å². The van der Waals surface area contributed by atoms with E-state index in [0.717, 1.165) is 12.8 Å². The first-order valence-corrected chi connectivity index (χ1v) is 13.9. The average Bonchev–Trinajstić information content (AvgIpc) is 3.38. The van der Waals surface area contributed by atoms with Gasteiger partial charge in [0.1, 0.15) is 5.82 Å². The van der Waals surface area contributed by atoms with E-state index in [1.54, 1.807) is 23.4 Å². The summed E-state index contributed by atoms with van der Waals surface area (Å²) in [5.41, 5.74) is 0.382. The molecule has 180 valence electrons. The summed E-state index contributed by atoms with van der Waals surface area (Å²) in [6.07, 6.45) is 3.71. The number of rotatable bonds is 5. The minimum absolute atomic E-state index is 0.0112. The molecule has 10 nitrogen and oxygen atoms in total. The van der Waals surface area contributed by atoms with Crippen LogP contribution in [0.1, 0.15) is 35.4 Å². The van der Waals surface area contributed by atoms with Crippen LogP contribution >= 0.6 is 0 Å². The molecule has 0 atom stereocenters. The van der Waals surface area contributed by atoms with Gasteiger partial charge < -0.3 is 9.47 Å². The maximum atomic E-state index is 13.0. The molecule has 0 unspecified atom stereocenters. The number of amides is 1. The zero-order chi connectivity index (χ0) is 23.8. The normalized spacial score (nSPS) is 19.0. The van der Waals surface area contributed by atoms with Crippen LogP contribution in [0.15, 0.2) is 40.4 Å². The van der Waals surface area contributed by atoms with Gasteiger partial charge in [0.05, 0.1) is 4.90 Å². The number of aromatic nitrogens is 2. The number of carbonyl (C=O) groups excluding carboxylic acids is 1. The Morgan fingerprint density at radius 1 is 0.818 bits per heavy atom. The van der Waals surface area contributed by atoms with Crippen LogP contribution in [0.2, 0.25) is 0 Å². The monoisotopic (exact) mass is 495 g/mol. The first-order valence-electron chi connectivity index (χ1n) is 11.0. The molecule has 0 bridgehead atoms. The van der Waals surface area contributed by atoms with Crippen LogP contribution in [0.4, 0.5) is 0 Å². The summed E-state index contributed by atoms with van der Waals surface area (Å²) >= 11 is 0. The third-order valence-corrected chi connectivity index (χ3v) is 9.92. The maximum Gasteiger partial charge on any atom is 0.262 e. The number of hydrogen-bond donors (Lipinski definition) is 0. The number of hydrogen-bond acceptors (Lipinski definition) is 6. The van der Waals surface area contributed by atoms with Crippen molar-refractivity contribution in [2.45, 2.75) is 36.1 Å². The van der Waals surface area contributed by atoms with E-state index in [1.807, 2.05) is 0 Å². The predicted octanol–water partition coefficient (Wildman–Crippen LogP) is 1.05. The van der Waals surface area contributed by atoms with Crippen LogP contribution in [-0.4, -0.2) is 85.1 Å². The SMILES string of the molecule is Cc1nc(S(=O)(=O)N2CCCN(C(=O)c3ccc(S(=O)(=O)N4CCCC4)cc3)CC2)cn1C. The van der Waals surface area contributed by atoms with Crippen LogP contribution < -0.4 is 0 Å². The number of imidazole rings is 1. The first kappa shape index (κ1) is 23.9. The minimum atomic E-state index is -3.74. The number of benzene rings is 1. The highest BCUT2D eigenvalue weighted by Gasteiger charge is 2.31.